The van der Waals surface area contributed by atoms with Gasteiger partial charge < -0.3 is 14.6 Å². The van der Waals surface area contributed by atoms with Gasteiger partial charge in [0, 0.05) is 30.8 Å². The van der Waals surface area contributed by atoms with Crippen LogP contribution in [0.1, 0.15) is 45.4 Å². The number of aliphatic carboxylic acids is 1. The molecular weight excluding hydrogens is 394 g/mol. The van der Waals surface area contributed by atoms with Crippen molar-refractivity contribution in [2.45, 2.75) is 51.6 Å². The van der Waals surface area contributed by atoms with E-state index in [1.165, 1.54) is 24.3 Å². The molecule has 158 valence electrons. The van der Waals surface area contributed by atoms with E-state index >= 15 is 0 Å². The van der Waals surface area contributed by atoms with Crippen LogP contribution in [-0.4, -0.2) is 40.5 Å². The number of ketones is 1. The SMILES string of the molecule is CC(=O)OC1CC[C@H](C=CC(=O)COc2nccs2)[C@H]1CC=CCCCC(=O)O. The number of hydrogen-bond acceptors (Lipinski definition) is 7. The number of unbranched alkanes of at least 4 members (excludes halogenated alkanes) is 1. The molecule has 1 heterocycles. The molecule has 1 unspecified atom stereocenters. The maximum absolute atomic E-state index is 12.1. The Labute approximate surface area is 174 Å². The van der Waals surface area contributed by atoms with E-state index in [9.17, 15) is 14.4 Å². The summed E-state index contributed by atoms with van der Waals surface area (Å²) in [7, 11) is 0. The number of allylic oxidation sites excluding steroid dienone is 3. The van der Waals surface area contributed by atoms with Crippen LogP contribution in [0.25, 0.3) is 0 Å². The van der Waals surface area contributed by atoms with Gasteiger partial charge in [-0.25, -0.2) is 4.98 Å². The molecule has 3 atom stereocenters. The van der Waals surface area contributed by atoms with Gasteiger partial charge in [0.05, 0.1) is 0 Å². The Morgan fingerprint density at radius 3 is 2.83 bits per heavy atom. The monoisotopic (exact) mass is 421 g/mol. The molecule has 29 heavy (non-hydrogen) atoms. The molecule has 0 amide bonds. The molecule has 0 aliphatic heterocycles. The zero-order valence-corrected chi connectivity index (χ0v) is 17.3. The zero-order valence-electron chi connectivity index (χ0n) is 16.5. The number of ether oxygens (including phenoxy) is 2. The third kappa shape index (κ3) is 8.60. The molecule has 7 nitrogen and oxygen atoms in total. The molecule has 1 aromatic rings. The van der Waals surface area contributed by atoms with Gasteiger partial charge in [0.15, 0.2) is 12.4 Å². The molecule has 0 radical (unpaired) electrons. The summed E-state index contributed by atoms with van der Waals surface area (Å²) in [6.45, 7) is 1.35. The second-order valence-corrected chi connectivity index (χ2v) is 7.82. The lowest BCUT2D eigenvalue weighted by Gasteiger charge is -2.21. The summed E-state index contributed by atoms with van der Waals surface area (Å²) in [5.41, 5.74) is 0. The van der Waals surface area contributed by atoms with Crippen LogP contribution in [0.3, 0.4) is 0 Å². The van der Waals surface area contributed by atoms with Gasteiger partial charge >= 0.3 is 11.9 Å². The number of rotatable bonds is 12. The van der Waals surface area contributed by atoms with Crippen LogP contribution in [-0.2, 0) is 19.1 Å². The highest BCUT2D eigenvalue weighted by molar-refractivity contribution is 7.11. The van der Waals surface area contributed by atoms with E-state index in [1.807, 2.05) is 18.2 Å². The highest BCUT2D eigenvalue weighted by Crippen LogP contribution is 2.38. The van der Waals surface area contributed by atoms with E-state index in [0.717, 1.165) is 12.8 Å². The summed E-state index contributed by atoms with van der Waals surface area (Å²) < 4.78 is 10.8. The summed E-state index contributed by atoms with van der Waals surface area (Å²) in [6, 6.07) is 0. The number of carboxylic acid groups (broad SMARTS) is 1. The number of thiazole rings is 1. The first-order chi connectivity index (χ1) is 14.0. The van der Waals surface area contributed by atoms with Crippen molar-refractivity contribution in [1.29, 1.82) is 0 Å². The molecule has 1 aliphatic rings. The van der Waals surface area contributed by atoms with E-state index in [-0.39, 0.29) is 42.7 Å². The second kappa shape index (κ2) is 12.2. The van der Waals surface area contributed by atoms with Crippen molar-refractivity contribution in [1.82, 2.24) is 4.98 Å². The summed E-state index contributed by atoms with van der Waals surface area (Å²) in [4.78, 5) is 38.0. The first kappa shape index (κ1) is 22.8. The third-order valence-electron chi connectivity index (χ3n) is 4.74. The van der Waals surface area contributed by atoms with Crippen LogP contribution >= 0.6 is 11.3 Å². The Morgan fingerprint density at radius 1 is 1.31 bits per heavy atom. The lowest BCUT2D eigenvalue weighted by atomic mass is 9.90. The molecule has 2 rings (SSSR count). The molecule has 1 N–H and O–H groups in total. The minimum atomic E-state index is -0.794. The average Bonchev–Trinajstić information content (AvgIpc) is 3.31. The Hall–Kier alpha value is -2.48. The molecule has 1 fully saturated rings. The molecule has 8 heteroatoms. The minimum Gasteiger partial charge on any atom is -0.481 e. The molecule has 1 aromatic heterocycles. The van der Waals surface area contributed by atoms with E-state index < -0.39 is 5.97 Å². The van der Waals surface area contributed by atoms with E-state index in [1.54, 1.807) is 11.6 Å². The van der Waals surface area contributed by atoms with Crippen LogP contribution in [0.4, 0.5) is 0 Å². The predicted molar refractivity (Wildman–Crippen MR) is 109 cm³/mol. The summed E-state index contributed by atoms with van der Waals surface area (Å²) in [5, 5.41) is 10.9. The first-order valence-electron chi connectivity index (χ1n) is 9.73. The molecule has 0 bridgehead atoms. The normalized spacial score (nSPS) is 21.6. The minimum absolute atomic E-state index is 0.0573. The van der Waals surface area contributed by atoms with Crippen molar-refractivity contribution in [2.75, 3.05) is 6.61 Å². The van der Waals surface area contributed by atoms with Crippen molar-refractivity contribution < 1.29 is 29.0 Å². The lowest BCUT2D eigenvalue weighted by molar-refractivity contribution is -0.148. The highest BCUT2D eigenvalue weighted by Gasteiger charge is 2.36. The third-order valence-corrected chi connectivity index (χ3v) is 5.43. The fourth-order valence-electron chi connectivity index (χ4n) is 3.42. The number of hydrogen-bond donors (Lipinski definition) is 1. The fraction of sp³-hybridized carbons (Fsp3) is 0.524. The van der Waals surface area contributed by atoms with E-state index in [0.29, 0.717) is 24.5 Å². The maximum atomic E-state index is 12.1. The summed E-state index contributed by atoms with van der Waals surface area (Å²) >= 11 is 1.33. The Morgan fingerprint density at radius 2 is 2.14 bits per heavy atom. The van der Waals surface area contributed by atoms with Gasteiger partial charge in [0.2, 0.25) is 0 Å². The van der Waals surface area contributed by atoms with Crippen molar-refractivity contribution in [3.8, 4) is 5.19 Å². The van der Waals surface area contributed by atoms with Gasteiger partial charge in [-0.1, -0.05) is 29.6 Å². The summed E-state index contributed by atoms with van der Waals surface area (Å²) in [5.74, 6) is -1.01. The Balaban J connectivity index is 1.87. The van der Waals surface area contributed by atoms with Crippen LogP contribution in [0.2, 0.25) is 0 Å². The Kier molecular flexibility index (Phi) is 9.56. The van der Waals surface area contributed by atoms with Gasteiger partial charge in [-0.3, -0.25) is 14.4 Å². The van der Waals surface area contributed by atoms with E-state index in [4.69, 9.17) is 14.6 Å². The van der Waals surface area contributed by atoms with Gasteiger partial charge in [0.25, 0.3) is 5.19 Å². The number of carbonyl (C=O) groups excluding carboxylic acids is 2. The summed E-state index contributed by atoms with van der Waals surface area (Å²) in [6.07, 6.45) is 12.6. The number of nitrogens with zero attached hydrogens (tertiary/aromatic N) is 1. The molecule has 0 aromatic carbocycles. The smallest absolute Gasteiger partial charge is 0.303 e. The van der Waals surface area contributed by atoms with Crippen molar-refractivity contribution in [3.05, 3.63) is 35.9 Å². The lowest BCUT2D eigenvalue weighted by Crippen LogP contribution is -2.23. The fourth-order valence-corrected chi connectivity index (χ4v) is 3.91. The molecule has 0 spiro atoms. The molecule has 0 saturated heterocycles. The first-order valence-corrected chi connectivity index (χ1v) is 10.6. The second-order valence-electron chi connectivity index (χ2n) is 6.96. The number of esters is 1. The standard InChI is InChI=1S/C21H27NO6S/c1-15(23)28-19-11-9-16(18(19)6-4-2-3-5-7-20(25)26)8-10-17(24)14-27-21-22-12-13-29-21/h2,4,8,10,12-13,16,18-19H,3,5-7,9,11,14H2,1H3,(H,25,26)/t16-,18+,19?/m0/s1. The largest absolute Gasteiger partial charge is 0.481 e. The predicted octanol–water partition coefficient (Wildman–Crippen LogP) is 3.81. The molecule has 1 aliphatic carbocycles. The van der Waals surface area contributed by atoms with Crippen LogP contribution < -0.4 is 4.74 Å². The average molecular weight is 422 g/mol. The van der Waals surface area contributed by atoms with Crippen molar-refractivity contribution in [2.24, 2.45) is 11.8 Å². The van der Waals surface area contributed by atoms with Gasteiger partial charge in [0.1, 0.15) is 6.10 Å². The van der Waals surface area contributed by atoms with E-state index in [2.05, 4.69) is 4.98 Å². The molecular formula is C21H27NO6S. The van der Waals surface area contributed by atoms with Gasteiger partial charge in [-0.15, -0.1) is 0 Å². The molecule has 1 saturated carbocycles. The number of carboxylic acids is 1. The van der Waals surface area contributed by atoms with Crippen molar-refractivity contribution >= 4 is 29.1 Å². The van der Waals surface area contributed by atoms with Crippen molar-refractivity contribution in [3.63, 3.8) is 0 Å². The number of carbonyl (C=O) groups is 3. The van der Waals surface area contributed by atoms with Crippen LogP contribution in [0, 0.1) is 11.8 Å². The Bertz CT molecular complexity index is 728. The quantitative estimate of drug-likeness (QED) is 0.237. The van der Waals surface area contributed by atoms with Crippen LogP contribution in [0.15, 0.2) is 35.9 Å². The van der Waals surface area contributed by atoms with Crippen LogP contribution in [0.5, 0.6) is 5.19 Å². The highest BCUT2D eigenvalue weighted by atomic mass is 32.1. The topological polar surface area (TPSA) is 103 Å². The number of aromatic nitrogens is 1. The van der Waals surface area contributed by atoms with Gasteiger partial charge in [-0.2, -0.15) is 0 Å². The zero-order chi connectivity index (χ0) is 21.1. The van der Waals surface area contributed by atoms with Gasteiger partial charge in [-0.05, 0) is 44.1 Å². The maximum Gasteiger partial charge on any atom is 0.303 e.